The van der Waals surface area contributed by atoms with Gasteiger partial charge >= 0.3 is 0 Å². The number of aromatic nitrogens is 1. The van der Waals surface area contributed by atoms with E-state index < -0.39 is 0 Å². The standard InChI is InChI=1S/C12H20N2OS2/c1-3-5-13-10-4-6-15-7-11(10)17-12-14-9(2)8-16-12/h8,10-11,13H,3-7H2,1-2H3. The largest absolute Gasteiger partial charge is 0.380 e. The molecular weight excluding hydrogens is 252 g/mol. The highest BCUT2D eigenvalue weighted by atomic mass is 32.2. The summed E-state index contributed by atoms with van der Waals surface area (Å²) < 4.78 is 6.76. The molecule has 1 aliphatic rings. The van der Waals surface area contributed by atoms with Crippen molar-refractivity contribution in [2.45, 2.75) is 42.3 Å². The quantitative estimate of drug-likeness (QED) is 0.893. The second kappa shape index (κ2) is 6.73. The van der Waals surface area contributed by atoms with Crippen molar-refractivity contribution >= 4 is 23.1 Å². The molecule has 0 spiro atoms. The van der Waals surface area contributed by atoms with Crippen molar-refractivity contribution < 1.29 is 4.74 Å². The van der Waals surface area contributed by atoms with Crippen molar-refractivity contribution in [3.05, 3.63) is 11.1 Å². The van der Waals surface area contributed by atoms with Crippen LogP contribution >= 0.6 is 23.1 Å². The first-order chi connectivity index (χ1) is 8.29. The zero-order chi connectivity index (χ0) is 12.1. The fraction of sp³-hybridized carbons (Fsp3) is 0.750. The van der Waals surface area contributed by atoms with Crippen LogP contribution in [0.1, 0.15) is 25.5 Å². The molecule has 1 aliphatic heterocycles. The summed E-state index contributed by atoms with van der Waals surface area (Å²) in [4.78, 5) is 4.52. The molecule has 1 saturated heterocycles. The van der Waals surface area contributed by atoms with Gasteiger partial charge in [0, 0.05) is 23.7 Å². The molecular formula is C12H20N2OS2. The van der Waals surface area contributed by atoms with Gasteiger partial charge in [0.2, 0.25) is 0 Å². The number of hydrogen-bond donors (Lipinski definition) is 1. The van der Waals surface area contributed by atoms with Gasteiger partial charge in [-0.05, 0) is 26.3 Å². The summed E-state index contributed by atoms with van der Waals surface area (Å²) in [5.74, 6) is 0. The molecule has 96 valence electrons. The van der Waals surface area contributed by atoms with Crippen LogP contribution in [-0.2, 0) is 4.74 Å². The van der Waals surface area contributed by atoms with Crippen LogP contribution in [0.15, 0.2) is 9.72 Å². The monoisotopic (exact) mass is 272 g/mol. The lowest BCUT2D eigenvalue weighted by molar-refractivity contribution is 0.0833. The molecule has 0 bridgehead atoms. The molecule has 17 heavy (non-hydrogen) atoms. The van der Waals surface area contributed by atoms with Crippen LogP contribution in [0.25, 0.3) is 0 Å². The van der Waals surface area contributed by atoms with Crippen LogP contribution in [0.4, 0.5) is 0 Å². The first-order valence-electron chi connectivity index (χ1n) is 6.19. The van der Waals surface area contributed by atoms with Crippen LogP contribution in [0.3, 0.4) is 0 Å². The third-order valence-electron chi connectivity index (χ3n) is 2.81. The van der Waals surface area contributed by atoms with Crippen molar-refractivity contribution in [3.8, 4) is 0 Å². The minimum atomic E-state index is 0.501. The fourth-order valence-corrected chi connectivity index (χ4v) is 4.18. The lowest BCUT2D eigenvalue weighted by Crippen LogP contribution is -2.45. The first kappa shape index (κ1) is 13.3. The van der Waals surface area contributed by atoms with Gasteiger partial charge in [-0.2, -0.15) is 0 Å². The second-order valence-electron chi connectivity index (χ2n) is 4.34. The Morgan fingerprint density at radius 1 is 1.65 bits per heavy atom. The highest BCUT2D eigenvalue weighted by Crippen LogP contribution is 2.31. The van der Waals surface area contributed by atoms with Gasteiger partial charge < -0.3 is 10.1 Å². The summed E-state index contributed by atoms with van der Waals surface area (Å²) in [5.41, 5.74) is 1.12. The Morgan fingerprint density at radius 3 is 3.24 bits per heavy atom. The van der Waals surface area contributed by atoms with E-state index in [1.54, 1.807) is 11.3 Å². The van der Waals surface area contributed by atoms with Crippen LogP contribution in [0.2, 0.25) is 0 Å². The third kappa shape index (κ3) is 3.95. The molecule has 5 heteroatoms. The summed E-state index contributed by atoms with van der Waals surface area (Å²) in [6.45, 7) is 7.07. The molecule has 3 nitrogen and oxygen atoms in total. The smallest absolute Gasteiger partial charge is 0.150 e. The Kier molecular flexibility index (Phi) is 5.28. The van der Waals surface area contributed by atoms with Crippen molar-refractivity contribution in [3.63, 3.8) is 0 Å². The summed E-state index contributed by atoms with van der Waals surface area (Å²) in [6, 6.07) is 0.568. The molecule has 0 aromatic carbocycles. The van der Waals surface area contributed by atoms with Crippen molar-refractivity contribution in [1.29, 1.82) is 0 Å². The predicted molar refractivity (Wildman–Crippen MR) is 74.0 cm³/mol. The molecule has 2 atom stereocenters. The predicted octanol–water partition coefficient (Wildman–Crippen LogP) is 2.70. The van der Waals surface area contributed by atoms with Gasteiger partial charge in [0.15, 0.2) is 4.34 Å². The Labute approximate surface area is 111 Å². The molecule has 0 saturated carbocycles. The number of aryl methyl sites for hydroxylation is 1. The van der Waals surface area contributed by atoms with Crippen molar-refractivity contribution in [2.24, 2.45) is 0 Å². The topological polar surface area (TPSA) is 34.1 Å². The maximum atomic E-state index is 5.59. The maximum Gasteiger partial charge on any atom is 0.150 e. The number of ether oxygens (including phenoxy) is 1. The van der Waals surface area contributed by atoms with Gasteiger partial charge in [0.1, 0.15) is 0 Å². The highest BCUT2D eigenvalue weighted by molar-refractivity contribution is 8.01. The Morgan fingerprint density at radius 2 is 2.53 bits per heavy atom. The minimum absolute atomic E-state index is 0.501. The van der Waals surface area contributed by atoms with E-state index >= 15 is 0 Å². The zero-order valence-electron chi connectivity index (χ0n) is 10.4. The van der Waals surface area contributed by atoms with E-state index in [9.17, 15) is 0 Å². The summed E-state index contributed by atoms with van der Waals surface area (Å²) in [5, 5.41) is 6.24. The summed E-state index contributed by atoms with van der Waals surface area (Å²) >= 11 is 3.60. The van der Waals surface area contributed by atoms with Crippen LogP contribution in [-0.4, -0.2) is 36.0 Å². The summed E-state index contributed by atoms with van der Waals surface area (Å²) in [7, 11) is 0. The first-order valence-corrected chi connectivity index (χ1v) is 7.95. The molecule has 1 fully saturated rings. The van der Waals surface area contributed by atoms with Gasteiger partial charge in [-0.1, -0.05) is 18.7 Å². The van der Waals surface area contributed by atoms with E-state index in [1.165, 1.54) is 10.8 Å². The molecule has 2 unspecified atom stereocenters. The van der Waals surface area contributed by atoms with Gasteiger partial charge in [0.25, 0.3) is 0 Å². The van der Waals surface area contributed by atoms with E-state index in [0.29, 0.717) is 11.3 Å². The molecule has 0 radical (unpaired) electrons. The van der Waals surface area contributed by atoms with E-state index in [-0.39, 0.29) is 0 Å². The number of nitrogens with one attached hydrogen (secondary N) is 1. The van der Waals surface area contributed by atoms with Crippen LogP contribution in [0.5, 0.6) is 0 Å². The maximum absolute atomic E-state index is 5.59. The molecule has 0 aliphatic carbocycles. The Balaban J connectivity index is 1.91. The Hall–Kier alpha value is -0.100. The van der Waals surface area contributed by atoms with Crippen molar-refractivity contribution in [2.75, 3.05) is 19.8 Å². The van der Waals surface area contributed by atoms with Crippen LogP contribution in [0, 0.1) is 6.92 Å². The molecule has 1 aromatic heterocycles. The normalized spacial score (nSPS) is 25.1. The number of nitrogens with zero attached hydrogens (tertiary/aromatic N) is 1. The average molecular weight is 272 g/mol. The van der Waals surface area contributed by atoms with Crippen molar-refractivity contribution in [1.82, 2.24) is 10.3 Å². The third-order valence-corrected chi connectivity index (χ3v) is 5.20. The number of thioether (sulfide) groups is 1. The molecule has 2 heterocycles. The lowest BCUT2D eigenvalue weighted by atomic mass is 10.1. The highest BCUT2D eigenvalue weighted by Gasteiger charge is 2.26. The van der Waals surface area contributed by atoms with E-state index in [4.69, 9.17) is 4.74 Å². The number of hydrogen-bond acceptors (Lipinski definition) is 5. The van der Waals surface area contributed by atoms with E-state index in [2.05, 4.69) is 22.6 Å². The zero-order valence-corrected chi connectivity index (χ0v) is 12.1. The molecule has 0 amide bonds. The average Bonchev–Trinajstić information content (AvgIpc) is 2.74. The van der Waals surface area contributed by atoms with Gasteiger partial charge in [0.05, 0.1) is 11.9 Å². The Bertz CT molecular complexity index is 343. The van der Waals surface area contributed by atoms with Gasteiger partial charge in [-0.15, -0.1) is 11.3 Å². The molecule has 1 aromatic rings. The fourth-order valence-electron chi connectivity index (χ4n) is 1.91. The SMILES string of the molecule is CCCNC1CCOCC1Sc1nc(C)cs1. The summed E-state index contributed by atoms with van der Waals surface area (Å²) in [6.07, 6.45) is 2.30. The molecule has 2 rings (SSSR count). The van der Waals surface area contributed by atoms with Gasteiger partial charge in [-0.3, -0.25) is 0 Å². The second-order valence-corrected chi connectivity index (χ2v) is 6.68. The van der Waals surface area contributed by atoms with E-state index in [1.807, 2.05) is 18.7 Å². The number of thiazole rings is 1. The lowest BCUT2D eigenvalue weighted by Gasteiger charge is -2.31. The van der Waals surface area contributed by atoms with Crippen LogP contribution < -0.4 is 5.32 Å². The minimum Gasteiger partial charge on any atom is -0.380 e. The molecule has 1 N–H and O–H groups in total. The van der Waals surface area contributed by atoms with E-state index in [0.717, 1.165) is 31.9 Å². The number of rotatable bonds is 5. The van der Waals surface area contributed by atoms with Gasteiger partial charge in [-0.25, -0.2) is 4.98 Å².